The molecule has 3 aromatic rings. The fourth-order valence-corrected chi connectivity index (χ4v) is 4.65. The monoisotopic (exact) mass is 404 g/mol. The Morgan fingerprint density at radius 2 is 1.81 bits per heavy atom. The highest BCUT2D eigenvalue weighted by molar-refractivity contribution is 7.90. The molecule has 0 unspecified atom stereocenters. The number of hydrogen-bond donors (Lipinski definition) is 1. The van der Waals surface area contributed by atoms with Gasteiger partial charge in [-0.3, -0.25) is 4.79 Å². The minimum Gasteiger partial charge on any atom is -0.355 e. The van der Waals surface area contributed by atoms with Gasteiger partial charge in [0.15, 0.2) is 9.84 Å². The predicted octanol–water partition coefficient (Wildman–Crippen LogP) is 3.79. The molecule has 0 fully saturated rings. The first-order valence-corrected chi connectivity index (χ1v) is 10.8. The first-order chi connectivity index (χ1) is 12.9. The predicted molar refractivity (Wildman–Crippen MR) is 108 cm³/mol. The maximum absolute atomic E-state index is 13.0. The van der Waals surface area contributed by atoms with Crippen LogP contribution in [0.5, 0.6) is 0 Å². The van der Waals surface area contributed by atoms with Crippen LogP contribution in [0.3, 0.4) is 0 Å². The molecule has 1 heterocycles. The minimum atomic E-state index is -3.58. The number of carbonyl (C=O) groups is 1. The zero-order valence-corrected chi connectivity index (χ0v) is 16.6. The SMILES string of the molecule is CCCNC(=O)Cn1cc(S(=O)(=O)Cc2ccc(Cl)cc2)c2ccccc21. The Kier molecular flexibility index (Phi) is 5.87. The van der Waals surface area contributed by atoms with Gasteiger partial charge in [0.1, 0.15) is 6.54 Å². The molecule has 7 heteroatoms. The Morgan fingerprint density at radius 1 is 1.11 bits per heavy atom. The van der Waals surface area contributed by atoms with Crippen molar-refractivity contribution in [2.24, 2.45) is 0 Å². The first-order valence-electron chi connectivity index (χ1n) is 8.72. The molecule has 0 aliphatic heterocycles. The van der Waals surface area contributed by atoms with Crippen LogP contribution < -0.4 is 5.32 Å². The summed E-state index contributed by atoms with van der Waals surface area (Å²) < 4.78 is 27.7. The number of amides is 1. The van der Waals surface area contributed by atoms with Gasteiger partial charge in [0, 0.05) is 28.7 Å². The van der Waals surface area contributed by atoms with Gasteiger partial charge in [-0.25, -0.2) is 8.42 Å². The maximum Gasteiger partial charge on any atom is 0.239 e. The van der Waals surface area contributed by atoms with Crippen molar-refractivity contribution < 1.29 is 13.2 Å². The number of nitrogens with zero attached hydrogens (tertiary/aromatic N) is 1. The molecule has 27 heavy (non-hydrogen) atoms. The van der Waals surface area contributed by atoms with E-state index >= 15 is 0 Å². The van der Waals surface area contributed by atoms with Crippen molar-refractivity contribution in [3.05, 3.63) is 65.3 Å². The number of carbonyl (C=O) groups excluding carboxylic acids is 1. The van der Waals surface area contributed by atoms with E-state index in [-0.39, 0.29) is 23.1 Å². The van der Waals surface area contributed by atoms with Crippen LogP contribution in [-0.4, -0.2) is 25.4 Å². The van der Waals surface area contributed by atoms with Crippen molar-refractivity contribution in [2.45, 2.75) is 30.5 Å². The Labute approximate surface area is 163 Å². The van der Waals surface area contributed by atoms with Crippen LogP contribution >= 0.6 is 11.6 Å². The summed E-state index contributed by atoms with van der Waals surface area (Å²) >= 11 is 5.88. The quantitative estimate of drug-likeness (QED) is 0.651. The Balaban J connectivity index is 1.96. The number of aromatic nitrogens is 1. The van der Waals surface area contributed by atoms with E-state index < -0.39 is 9.84 Å². The van der Waals surface area contributed by atoms with E-state index in [0.717, 1.165) is 11.9 Å². The highest BCUT2D eigenvalue weighted by Gasteiger charge is 2.22. The van der Waals surface area contributed by atoms with Gasteiger partial charge in [-0.05, 0) is 30.2 Å². The summed E-state index contributed by atoms with van der Waals surface area (Å²) in [5.41, 5.74) is 1.38. The van der Waals surface area contributed by atoms with Gasteiger partial charge >= 0.3 is 0 Å². The number of halogens is 1. The lowest BCUT2D eigenvalue weighted by Gasteiger charge is -2.06. The van der Waals surface area contributed by atoms with Crippen molar-refractivity contribution in [1.29, 1.82) is 0 Å². The van der Waals surface area contributed by atoms with Crippen LogP contribution in [0.4, 0.5) is 0 Å². The Hall–Kier alpha value is -2.31. The van der Waals surface area contributed by atoms with E-state index in [0.29, 0.717) is 22.5 Å². The highest BCUT2D eigenvalue weighted by atomic mass is 35.5. The lowest BCUT2D eigenvalue weighted by atomic mass is 10.2. The third-order valence-corrected chi connectivity index (χ3v) is 6.20. The zero-order chi connectivity index (χ0) is 19.4. The molecular formula is C20H21ClN2O3S. The number of fused-ring (bicyclic) bond motifs is 1. The summed E-state index contributed by atoms with van der Waals surface area (Å²) in [7, 11) is -3.58. The second kappa shape index (κ2) is 8.15. The van der Waals surface area contributed by atoms with Gasteiger partial charge in [0.05, 0.1) is 10.6 Å². The van der Waals surface area contributed by atoms with Gasteiger partial charge < -0.3 is 9.88 Å². The standard InChI is InChI=1S/C20H21ClN2O3S/c1-2-11-22-20(24)13-23-12-19(17-5-3-4-6-18(17)23)27(25,26)14-15-7-9-16(21)10-8-15/h3-10,12H,2,11,13-14H2,1H3,(H,22,24). The molecule has 142 valence electrons. The average Bonchev–Trinajstić information content (AvgIpc) is 3.01. The van der Waals surface area contributed by atoms with Gasteiger partial charge in [0.25, 0.3) is 0 Å². The molecule has 0 saturated heterocycles. The number of nitrogens with one attached hydrogen (secondary N) is 1. The van der Waals surface area contributed by atoms with Crippen LogP contribution in [0.1, 0.15) is 18.9 Å². The largest absolute Gasteiger partial charge is 0.355 e. The fraction of sp³-hybridized carbons (Fsp3) is 0.250. The molecule has 0 saturated carbocycles. The van der Waals surface area contributed by atoms with Gasteiger partial charge in [-0.2, -0.15) is 0 Å². The Bertz CT molecular complexity index is 1060. The van der Waals surface area contributed by atoms with Crippen LogP contribution in [-0.2, 0) is 26.9 Å². The number of hydrogen-bond acceptors (Lipinski definition) is 3. The molecule has 0 aliphatic carbocycles. The molecule has 1 amide bonds. The van der Waals surface area contributed by atoms with E-state index in [1.807, 2.05) is 19.1 Å². The lowest BCUT2D eigenvalue weighted by Crippen LogP contribution is -2.27. The Morgan fingerprint density at radius 3 is 2.52 bits per heavy atom. The number of benzene rings is 2. The molecule has 1 N–H and O–H groups in total. The number of para-hydroxylation sites is 1. The third-order valence-electron chi connectivity index (χ3n) is 4.24. The summed E-state index contributed by atoms with van der Waals surface area (Å²) in [5, 5.41) is 4.00. The second-order valence-corrected chi connectivity index (χ2v) is 8.77. The number of sulfone groups is 1. The smallest absolute Gasteiger partial charge is 0.239 e. The fourth-order valence-electron chi connectivity index (χ4n) is 2.94. The molecule has 5 nitrogen and oxygen atoms in total. The molecule has 0 radical (unpaired) electrons. The van der Waals surface area contributed by atoms with E-state index in [1.54, 1.807) is 47.2 Å². The summed E-state index contributed by atoms with van der Waals surface area (Å²) in [5.74, 6) is -0.264. The van der Waals surface area contributed by atoms with Gasteiger partial charge in [-0.1, -0.05) is 48.9 Å². The van der Waals surface area contributed by atoms with Gasteiger partial charge in [0.2, 0.25) is 5.91 Å². The minimum absolute atomic E-state index is 0.0803. The lowest BCUT2D eigenvalue weighted by molar-refractivity contribution is -0.121. The summed E-state index contributed by atoms with van der Waals surface area (Å²) in [6.45, 7) is 2.66. The highest BCUT2D eigenvalue weighted by Crippen LogP contribution is 2.28. The molecule has 0 spiro atoms. The average molecular weight is 405 g/mol. The third kappa shape index (κ3) is 4.51. The first kappa shape index (κ1) is 19.5. The summed E-state index contributed by atoms with van der Waals surface area (Å²) in [6, 6.07) is 14.0. The van der Waals surface area contributed by atoms with E-state index in [1.165, 1.54) is 0 Å². The van der Waals surface area contributed by atoms with Crippen LogP contribution in [0.15, 0.2) is 59.6 Å². The summed E-state index contributed by atoms with van der Waals surface area (Å²) in [4.78, 5) is 12.3. The molecule has 0 atom stereocenters. The summed E-state index contributed by atoms with van der Waals surface area (Å²) in [6.07, 6.45) is 2.40. The molecule has 0 bridgehead atoms. The van der Waals surface area contributed by atoms with Crippen LogP contribution in [0.2, 0.25) is 5.02 Å². The second-order valence-electron chi connectivity index (χ2n) is 6.37. The maximum atomic E-state index is 13.0. The number of rotatable bonds is 7. The van der Waals surface area contributed by atoms with Crippen LogP contribution in [0.25, 0.3) is 10.9 Å². The van der Waals surface area contributed by atoms with Crippen molar-refractivity contribution >= 4 is 38.2 Å². The van der Waals surface area contributed by atoms with E-state index in [4.69, 9.17) is 11.6 Å². The van der Waals surface area contributed by atoms with Crippen molar-refractivity contribution in [3.8, 4) is 0 Å². The molecular weight excluding hydrogens is 384 g/mol. The van der Waals surface area contributed by atoms with Crippen molar-refractivity contribution in [1.82, 2.24) is 9.88 Å². The molecule has 3 rings (SSSR count). The van der Waals surface area contributed by atoms with Gasteiger partial charge in [-0.15, -0.1) is 0 Å². The molecule has 1 aromatic heterocycles. The van der Waals surface area contributed by atoms with E-state index in [2.05, 4.69) is 5.32 Å². The zero-order valence-electron chi connectivity index (χ0n) is 15.0. The van der Waals surface area contributed by atoms with Crippen molar-refractivity contribution in [3.63, 3.8) is 0 Å². The van der Waals surface area contributed by atoms with Crippen LogP contribution in [0, 0.1) is 0 Å². The molecule has 2 aromatic carbocycles. The van der Waals surface area contributed by atoms with E-state index in [9.17, 15) is 13.2 Å². The topological polar surface area (TPSA) is 68.2 Å². The van der Waals surface area contributed by atoms with Crippen molar-refractivity contribution in [2.75, 3.05) is 6.54 Å². The molecule has 0 aliphatic rings. The normalized spacial score (nSPS) is 11.6.